The van der Waals surface area contributed by atoms with Crippen LogP contribution in [0.15, 0.2) is 42.6 Å². The summed E-state index contributed by atoms with van der Waals surface area (Å²) in [5.74, 6) is 0. The number of pyridine rings is 1. The molecule has 0 radical (unpaired) electrons. The monoisotopic (exact) mass is 256 g/mol. The first-order chi connectivity index (χ1) is 9.11. The Hall–Kier alpha value is -1.87. The van der Waals surface area contributed by atoms with Crippen molar-refractivity contribution in [2.45, 2.75) is 26.4 Å². The molecule has 0 aliphatic rings. The first kappa shape index (κ1) is 13.6. The number of aliphatic hydroxyl groups excluding tert-OH is 1. The second kappa shape index (κ2) is 5.85. The molecule has 0 bridgehead atoms. The fourth-order valence-corrected chi connectivity index (χ4v) is 1.92. The number of aromatic nitrogens is 1. The van der Waals surface area contributed by atoms with Crippen LogP contribution in [0.25, 0.3) is 0 Å². The molecule has 2 rings (SSSR count). The summed E-state index contributed by atoms with van der Waals surface area (Å²) in [5.41, 5.74) is 4.10. The Morgan fingerprint density at radius 3 is 2.26 bits per heavy atom. The van der Waals surface area contributed by atoms with Crippen molar-refractivity contribution >= 4 is 11.4 Å². The molecule has 1 unspecified atom stereocenters. The lowest BCUT2D eigenvalue weighted by molar-refractivity contribution is 0.169. The highest BCUT2D eigenvalue weighted by molar-refractivity contribution is 5.61. The van der Waals surface area contributed by atoms with Crippen molar-refractivity contribution in [2.75, 3.05) is 11.9 Å². The number of aliphatic hydroxyl groups is 1. The third-order valence-corrected chi connectivity index (χ3v) is 3.31. The van der Waals surface area contributed by atoms with Crippen LogP contribution in [0, 0.1) is 6.92 Å². The number of rotatable bonds is 4. The fourth-order valence-electron chi connectivity index (χ4n) is 1.92. The van der Waals surface area contributed by atoms with E-state index in [9.17, 15) is 5.11 Å². The van der Waals surface area contributed by atoms with Crippen molar-refractivity contribution in [2.24, 2.45) is 0 Å². The summed E-state index contributed by atoms with van der Waals surface area (Å²) in [7, 11) is 2.01. The van der Waals surface area contributed by atoms with Crippen LogP contribution in [0.2, 0.25) is 0 Å². The average Bonchev–Trinajstić information content (AvgIpc) is 2.46. The minimum absolute atomic E-state index is 0.473. The number of anilines is 2. The van der Waals surface area contributed by atoms with Gasteiger partial charge in [0, 0.05) is 12.7 Å². The molecule has 1 N–H and O–H groups in total. The zero-order valence-electron chi connectivity index (χ0n) is 11.7. The highest BCUT2D eigenvalue weighted by Crippen LogP contribution is 2.24. The van der Waals surface area contributed by atoms with Crippen LogP contribution in [0.3, 0.4) is 0 Å². The van der Waals surface area contributed by atoms with E-state index in [0.717, 1.165) is 17.1 Å². The summed E-state index contributed by atoms with van der Waals surface area (Å²) < 4.78 is 0. The molecule has 19 heavy (non-hydrogen) atoms. The van der Waals surface area contributed by atoms with Crippen molar-refractivity contribution in [3.05, 3.63) is 53.9 Å². The Bertz CT molecular complexity index is 519. The van der Waals surface area contributed by atoms with Gasteiger partial charge in [-0.1, -0.05) is 24.6 Å². The maximum Gasteiger partial charge on any atom is 0.0957 e. The van der Waals surface area contributed by atoms with E-state index in [2.05, 4.69) is 41.1 Å². The molecule has 100 valence electrons. The predicted octanol–water partition coefficient (Wildman–Crippen LogP) is 3.60. The van der Waals surface area contributed by atoms with Crippen LogP contribution in [0.5, 0.6) is 0 Å². The summed E-state index contributed by atoms with van der Waals surface area (Å²) in [6.07, 6.45) is 2.01. The molecule has 0 aliphatic carbocycles. The number of hydrogen-bond donors (Lipinski definition) is 1. The molecule has 0 spiro atoms. The molecule has 0 aliphatic heterocycles. The fraction of sp³-hybridized carbons (Fsp3) is 0.312. The maximum absolute atomic E-state index is 9.73. The molecule has 1 heterocycles. The van der Waals surface area contributed by atoms with Gasteiger partial charge in [0.1, 0.15) is 0 Å². The van der Waals surface area contributed by atoms with Gasteiger partial charge in [0.25, 0.3) is 0 Å². The summed E-state index contributed by atoms with van der Waals surface area (Å²) in [5, 5.41) is 9.73. The minimum Gasteiger partial charge on any atom is -0.387 e. The first-order valence-corrected chi connectivity index (χ1v) is 6.56. The Labute approximate surface area is 114 Å². The highest BCUT2D eigenvalue weighted by atomic mass is 16.3. The van der Waals surface area contributed by atoms with E-state index in [1.807, 2.05) is 26.1 Å². The molecular formula is C16H20N2O. The van der Waals surface area contributed by atoms with Gasteiger partial charge in [0.2, 0.25) is 0 Å². The number of aryl methyl sites for hydroxylation is 1. The minimum atomic E-state index is -0.473. The van der Waals surface area contributed by atoms with Gasteiger partial charge in [-0.05, 0) is 37.6 Å². The van der Waals surface area contributed by atoms with Crippen LogP contribution in [0.4, 0.5) is 11.4 Å². The molecule has 0 saturated heterocycles. The first-order valence-electron chi connectivity index (χ1n) is 6.56. The Morgan fingerprint density at radius 1 is 1.11 bits per heavy atom. The standard InChI is InChI=1S/C16H20N2O/c1-4-16(19)15-10-9-14(11-17-15)18(3)13-7-5-12(2)6-8-13/h5-11,16,19H,4H2,1-3H3. The van der Waals surface area contributed by atoms with Crippen LogP contribution >= 0.6 is 0 Å². The van der Waals surface area contributed by atoms with Crippen molar-refractivity contribution in [1.29, 1.82) is 0 Å². The van der Waals surface area contributed by atoms with Crippen LogP contribution in [-0.4, -0.2) is 17.1 Å². The zero-order valence-corrected chi connectivity index (χ0v) is 11.7. The lowest BCUT2D eigenvalue weighted by Crippen LogP contribution is -2.10. The van der Waals surface area contributed by atoms with E-state index in [0.29, 0.717) is 6.42 Å². The molecule has 1 aromatic heterocycles. The summed E-state index contributed by atoms with van der Waals surface area (Å²) in [4.78, 5) is 6.40. The molecular weight excluding hydrogens is 236 g/mol. The summed E-state index contributed by atoms with van der Waals surface area (Å²) in [6, 6.07) is 12.2. The van der Waals surface area contributed by atoms with Gasteiger partial charge in [-0.3, -0.25) is 4.98 Å². The largest absolute Gasteiger partial charge is 0.387 e. The van der Waals surface area contributed by atoms with E-state index in [1.165, 1.54) is 5.56 Å². The van der Waals surface area contributed by atoms with Gasteiger partial charge in [0.05, 0.1) is 23.7 Å². The van der Waals surface area contributed by atoms with Gasteiger partial charge in [-0.2, -0.15) is 0 Å². The van der Waals surface area contributed by atoms with E-state index in [-0.39, 0.29) is 0 Å². The van der Waals surface area contributed by atoms with Crippen LogP contribution < -0.4 is 4.90 Å². The molecule has 1 aromatic carbocycles. The highest BCUT2D eigenvalue weighted by Gasteiger charge is 2.08. The lowest BCUT2D eigenvalue weighted by atomic mass is 10.1. The molecule has 3 nitrogen and oxygen atoms in total. The molecule has 0 fully saturated rings. The second-order valence-corrected chi connectivity index (χ2v) is 4.76. The quantitative estimate of drug-likeness (QED) is 0.908. The Morgan fingerprint density at radius 2 is 1.74 bits per heavy atom. The topological polar surface area (TPSA) is 36.4 Å². The average molecular weight is 256 g/mol. The van der Waals surface area contributed by atoms with Crippen molar-refractivity contribution < 1.29 is 5.11 Å². The van der Waals surface area contributed by atoms with E-state index < -0.39 is 6.10 Å². The molecule has 0 saturated carbocycles. The number of nitrogens with zero attached hydrogens (tertiary/aromatic N) is 2. The Balaban J connectivity index is 2.19. The number of benzene rings is 1. The van der Waals surface area contributed by atoms with E-state index in [4.69, 9.17) is 0 Å². The van der Waals surface area contributed by atoms with Crippen LogP contribution in [-0.2, 0) is 0 Å². The molecule has 0 amide bonds. The third-order valence-electron chi connectivity index (χ3n) is 3.31. The molecule has 1 atom stereocenters. The summed E-state index contributed by atoms with van der Waals surface area (Å²) >= 11 is 0. The van der Waals surface area contributed by atoms with E-state index in [1.54, 1.807) is 6.20 Å². The smallest absolute Gasteiger partial charge is 0.0957 e. The van der Waals surface area contributed by atoms with Crippen molar-refractivity contribution in [1.82, 2.24) is 4.98 Å². The normalized spacial score (nSPS) is 12.2. The van der Waals surface area contributed by atoms with Crippen LogP contribution in [0.1, 0.15) is 30.7 Å². The van der Waals surface area contributed by atoms with Crippen molar-refractivity contribution in [3.8, 4) is 0 Å². The predicted molar refractivity (Wildman–Crippen MR) is 78.7 cm³/mol. The summed E-state index contributed by atoms with van der Waals surface area (Å²) in [6.45, 7) is 4.02. The van der Waals surface area contributed by atoms with Gasteiger partial charge >= 0.3 is 0 Å². The molecule has 3 heteroatoms. The number of hydrogen-bond acceptors (Lipinski definition) is 3. The van der Waals surface area contributed by atoms with Gasteiger partial charge in [-0.15, -0.1) is 0 Å². The SMILES string of the molecule is CCC(O)c1ccc(N(C)c2ccc(C)cc2)cn1. The van der Waals surface area contributed by atoms with Gasteiger partial charge in [-0.25, -0.2) is 0 Å². The lowest BCUT2D eigenvalue weighted by Gasteiger charge is -2.20. The Kier molecular flexibility index (Phi) is 4.17. The van der Waals surface area contributed by atoms with Gasteiger partial charge < -0.3 is 10.0 Å². The van der Waals surface area contributed by atoms with E-state index >= 15 is 0 Å². The second-order valence-electron chi connectivity index (χ2n) is 4.76. The van der Waals surface area contributed by atoms with Gasteiger partial charge in [0.15, 0.2) is 0 Å². The third kappa shape index (κ3) is 3.12. The zero-order chi connectivity index (χ0) is 13.8. The van der Waals surface area contributed by atoms with Crippen molar-refractivity contribution in [3.63, 3.8) is 0 Å². The maximum atomic E-state index is 9.73. The molecule has 2 aromatic rings.